The van der Waals surface area contributed by atoms with E-state index in [0.29, 0.717) is 23.1 Å². The topological polar surface area (TPSA) is 90.4 Å². The van der Waals surface area contributed by atoms with Crippen LogP contribution in [0.3, 0.4) is 0 Å². The lowest BCUT2D eigenvalue weighted by Crippen LogP contribution is -2.29. The molecule has 0 bridgehead atoms. The lowest BCUT2D eigenvalue weighted by atomic mass is 9.95. The van der Waals surface area contributed by atoms with Gasteiger partial charge in [0.05, 0.1) is 22.8 Å². The van der Waals surface area contributed by atoms with Crippen LogP contribution in [-0.4, -0.2) is 58.1 Å². The largest absolute Gasteiger partial charge is 0.390 e. The van der Waals surface area contributed by atoms with Gasteiger partial charge in [-0.3, -0.25) is 14.9 Å². The van der Waals surface area contributed by atoms with E-state index in [9.17, 15) is 19.1 Å². The molecule has 0 radical (unpaired) electrons. The zero-order chi connectivity index (χ0) is 23.3. The highest BCUT2D eigenvalue weighted by atomic mass is 19.1. The smallest absolute Gasteiger partial charge is 0.259 e. The molecule has 7 nitrogen and oxygen atoms in total. The first kappa shape index (κ1) is 21.1. The Balaban J connectivity index is 1.74. The standard InChI is InChI=1S/C25H23FN4O3/c1-29(2)11-14(31)12-30-13-18(16-7-5-8-19(26)23(16)30)22-21(24(32)28-25(22)33)17-10-27-20-9-4-3-6-15(17)20/h3-10,13-14,27,31H,11-12H2,1-2H3,(H,28,32,33). The number of carbonyl (C=O) groups excluding carboxylic acids is 2. The van der Waals surface area contributed by atoms with E-state index in [2.05, 4.69) is 10.3 Å². The molecule has 5 rings (SSSR count). The van der Waals surface area contributed by atoms with Gasteiger partial charge in [0.15, 0.2) is 0 Å². The molecule has 3 N–H and O–H groups in total. The second kappa shape index (κ2) is 7.99. The number of aliphatic hydroxyl groups is 1. The number of para-hydroxylation sites is 2. The predicted octanol–water partition coefficient (Wildman–Crippen LogP) is 2.75. The summed E-state index contributed by atoms with van der Waals surface area (Å²) in [6.07, 6.45) is 2.61. The average molecular weight is 446 g/mol. The molecule has 3 heterocycles. The van der Waals surface area contributed by atoms with Gasteiger partial charge in [-0.15, -0.1) is 0 Å². The van der Waals surface area contributed by atoms with Crippen LogP contribution in [0.25, 0.3) is 33.0 Å². The van der Waals surface area contributed by atoms with Crippen LogP contribution >= 0.6 is 0 Å². The van der Waals surface area contributed by atoms with Gasteiger partial charge in [-0.25, -0.2) is 4.39 Å². The molecule has 0 aliphatic carbocycles. The molecule has 0 saturated carbocycles. The number of nitrogens with one attached hydrogen (secondary N) is 2. The first-order valence-corrected chi connectivity index (χ1v) is 10.6. The molecule has 2 aromatic carbocycles. The highest BCUT2D eigenvalue weighted by molar-refractivity contribution is 6.50. The van der Waals surface area contributed by atoms with E-state index in [-0.39, 0.29) is 23.2 Å². The average Bonchev–Trinajstić information content (AvgIpc) is 3.41. The molecular weight excluding hydrogens is 423 g/mol. The van der Waals surface area contributed by atoms with Crippen molar-refractivity contribution >= 4 is 44.8 Å². The summed E-state index contributed by atoms with van der Waals surface area (Å²) in [7, 11) is 3.69. The Morgan fingerprint density at radius 1 is 1.00 bits per heavy atom. The monoisotopic (exact) mass is 446 g/mol. The quantitative estimate of drug-likeness (QED) is 0.397. The third-order valence-corrected chi connectivity index (χ3v) is 5.89. The minimum absolute atomic E-state index is 0.140. The van der Waals surface area contributed by atoms with Crippen molar-refractivity contribution in [3.05, 3.63) is 71.8 Å². The molecular formula is C25H23FN4O3. The highest BCUT2D eigenvalue weighted by Crippen LogP contribution is 2.38. The number of imide groups is 1. The third-order valence-electron chi connectivity index (χ3n) is 5.89. The molecule has 0 spiro atoms. The van der Waals surface area contributed by atoms with Crippen LogP contribution in [0.15, 0.2) is 54.9 Å². The molecule has 2 amide bonds. The number of aromatic amines is 1. The second-order valence-electron chi connectivity index (χ2n) is 8.53. The fourth-order valence-corrected chi connectivity index (χ4v) is 4.61. The van der Waals surface area contributed by atoms with Gasteiger partial charge >= 0.3 is 0 Å². The van der Waals surface area contributed by atoms with E-state index in [1.165, 1.54) is 6.07 Å². The Kier molecular flexibility index (Phi) is 5.11. The van der Waals surface area contributed by atoms with E-state index in [1.54, 1.807) is 29.1 Å². The maximum Gasteiger partial charge on any atom is 0.259 e. The highest BCUT2D eigenvalue weighted by Gasteiger charge is 2.35. The summed E-state index contributed by atoms with van der Waals surface area (Å²) in [5.41, 5.74) is 2.62. The summed E-state index contributed by atoms with van der Waals surface area (Å²) in [5, 5.41) is 14.2. The summed E-state index contributed by atoms with van der Waals surface area (Å²) in [6, 6.07) is 12.1. The zero-order valence-corrected chi connectivity index (χ0v) is 18.2. The molecule has 1 atom stereocenters. The molecule has 33 heavy (non-hydrogen) atoms. The molecule has 1 unspecified atom stereocenters. The number of aromatic nitrogens is 2. The van der Waals surface area contributed by atoms with Crippen molar-refractivity contribution < 1.29 is 19.1 Å². The number of likely N-dealkylation sites (N-methyl/N-ethyl adjacent to an activating group) is 1. The first-order chi connectivity index (χ1) is 15.8. The molecule has 168 valence electrons. The Bertz CT molecular complexity index is 1450. The van der Waals surface area contributed by atoms with Gasteiger partial charge in [0.1, 0.15) is 5.82 Å². The third kappa shape index (κ3) is 3.53. The number of nitrogens with zero attached hydrogens (tertiary/aromatic N) is 2. The van der Waals surface area contributed by atoms with E-state index in [1.807, 2.05) is 43.3 Å². The lowest BCUT2D eigenvalue weighted by molar-refractivity contribution is -0.122. The number of carbonyl (C=O) groups is 2. The van der Waals surface area contributed by atoms with Crippen LogP contribution < -0.4 is 5.32 Å². The number of hydrogen-bond acceptors (Lipinski definition) is 4. The molecule has 1 aliphatic heterocycles. The molecule has 2 aromatic heterocycles. The number of aliphatic hydroxyl groups excluding tert-OH is 1. The summed E-state index contributed by atoms with van der Waals surface area (Å²) < 4.78 is 16.5. The minimum atomic E-state index is -0.746. The van der Waals surface area contributed by atoms with E-state index in [4.69, 9.17) is 0 Å². The van der Waals surface area contributed by atoms with Gasteiger partial charge in [0, 0.05) is 52.9 Å². The van der Waals surface area contributed by atoms with Crippen molar-refractivity contribution in [1.29, 1.82) is 0 Å². The van der Waals surface area contributed by atoms with Crippen molar-refractivity contribution in [1.82, 2.24) is 19.8 Å². The number of halogens is 1. The molecule has 8 heteroatoms. The number of H-pyrrole nitrogens is 1. The van der Waals surface area contributed by atoms with Crippen LogP contribution in [0.2, 0.25) is 0 Å². The first-order valence-electron chi connectivity index (χ1n) is 10.6. The SMILES string of the molecule is CN(C)CC(O)Cn1cc(C2=C(c3c[nH]c4ccccc34)C(=O)NC2=O)c2cccc(F)c21. The number of rotatable bonds is 6. The van der Waals surface area contributed by atoms with Gasteiger partial charge in [-0.1, -0.05) is 30.3 Å². The maximum absolute atomic E-state index is 14.9. The van der Waals surface area contributed by atoms with Gasteiger partial charge in [-0.05, 0) is 26.2 Å². The Hall–Kier alpha value is -3.75. The minimum Gasteiger partial charge on any atom is -0.390 e. The lowest BCUT2D eigenvalue weighted by Gasteiger charge is -2.17. The normalized spacial score (nSPS) is 15.3. The fraction of sp³-hybridized carbons (Fsp3) is 0.200. The van der Waals surface area contributed by atoms with Crippen LogP contribution in [0.4, 0.5) is 4.39 Å². The van der Waals surface area contributed by atoms with E-state index in [0.717, 1.165) is 10.9 Å². The maximum atomic E-state index is 14.9. The van der Waals surface area contributed by atoms with Crippen molar-refractivity contribution in [2.45, 2.75) is 12.6 Å². The number of hydrogen-bond donors (Lipinski definition) is 3. The van der Waals surface area contributed by atoms with Crippen molar-refractivity contribution in [2.75, 3.05) is 20.6 Å². The van der Waals surface area contributed by atoms with Gasteiger partial charge in [-0.2, -0.15) is 0 Å². The van der Waals surface area contributed by atoms with Crippen LogP contribution in [0.1, 0.15) is 11.1 Å². The Morgan fingerprint density at radius 3 is 2.45 bits per heavy atom. The van der Waals surface area contributed by atoms with Crippen LogP contribution in [0.5, 0.6) is 0 Å². The Morgan fingerprint density at radius 2 is 1.70 bits per heavy atom. The van der Waals surface area contributed by atoms with Crippen LogP contribution in [-0.2, 0) is 16.1 Å². The molecule has 4 aromatic rings. The summed E-state index contributed by atoms with van der Waals surface area (Å²) in [4.78, 5) is 30.8. The molecule has 0 saturated heterocycles. The predicted molar refractivity (Wildman–Crippen MR) is 125 cm³/mol. The van der Waals surface area contributed by atoms with Gasteiger partial charge in [0.25, 0.3) is 11.8 Å². The van der Waals surface area contributed by atoms with E-state index >= 15 is 0 Å². The van der Waals surface area contributed by atoms with Gasteiger partial charge in [0.2, 0.25) is 0 Å². The number of amides is 2. The zero-order valence-electron chi connectivity index (χ0n) is 18.2. The van der Waals surface area contributed by atoms with Gasteiger partial charge < -0.3 is 19.6 Å². The number of benzene rings is 2. The summed E-state index contributed by atoms with van der Waals surface area (Å²) in [6.45, 7) is 0.534. The van der Waals surface area contributed by atoms with Crippen molar-refractivity contribution in [3.8, 4) is 0 Å². The van der Waals surface area contributed by atoms with Crippen molar-refractivity contribution in [3.63, 3.8) is 0 Å². The molecule has 1 aliphatic rings. The second-order valence-corrected chi connectivity index (χ2v) is 8.53. The van der Waals surface area contributed by atoms with E-state index < -0.39 is 23.7 Å². The summed E-state index contributed by atoms with van der Waals surface area (Å²) >= 11 is 0. The Labute approximate surface area is 189 Å². The molecule has 0 fully saturated rings. The summed E-state index contributed by atoms with van der Waals surface area (Å²) in [5.74, 6) is -1.49. The number of fused-ring (bicyclic) bond motifs is 2. The fourth-order valence-electron chi connectivity index (χ4n) is 4.61. The van der Waals surface area contributed by atoms with Crippen molar-refractivity contribution in [2.24, 2.45) is 0 Å². The van der Waals surface area contributed by atoms with Crippen LogP contribution in [0, 0.1) is 5.82 Å².